The third-order valence-corrected chi connectivity index (χ3v) is 3.55. The Morgan fingerprint density at radius 3 is 2.94 bits per heavy atom. The van der Waals surface area contributed by atoms with Gasteiger partial charge in [-0.1, -0.05) is 18.2 Å². The molecule has 0 bridgehead atoms. The molecule has 17 heavy (non-hydrogen) atoms. The fourth-order valence-corrected chi connectivity index (χ4v) is 2.34. The first-order chi connectivity index (χ1) is 8.34. The van der Waals surface area contributed by atoms with E-state index in [9.17, 15) is 4.79 Å². The number of carbonyl (C=O) groups excluding carboxylic acids is 1. The Hall–Kier alpha value is -1.51. The van der Waals surface area contributed by atoms with E-state index in [0.29, 0.717) is 11.8 Å². The summed E-state index contributed by atoms with van der Waals surface area (Å²) in [5, 5.41) is 3.06. The Balaban J connectivity index is 1.65. The van der Waals surface area contributed by atoms with Crippen molar-refractivity contribution in [2.75, 3.05) is 13.2 Å². The molecule has 1 aliphatic heterocycles. The van der Waals surface area contributed by atoms with Crippen LogP contribution in [0.2, 0.25) is 0 Å². The molecule has 0 spiro atoms. The maximum Gasteiger partial charge on any atom is 0.223 e. The molecule has 1 fully saturated rings. The van der Waals surface area contributed by atoms with Gasteiger partial charge in [0.15, 0.2) is 0 Å². The van der Waals surface area contributed by atoms with Crippen molar-refractivity contribution < 1.29 is 9.53 Å². The van der Waals surface area contributed by atoms with Crippen LogP contribution in [0.15, 0.2) is 24.3 Å². The van der Waals surface area contributed by atoms with Crippen LogP contribution in [0.25, 0.3) is 0 Å². The van der Waals surface area contributed by atoms with E-state index in [4.69, 9.17) is 4.74 Å². The topological polar surface area (TPSA) is 38.3 Å². The van der Waals surface area contributed by atoms with Crippen LogP contribution in [-0.4, -0.2) is 19.1 Å². The van der Waals surface area contributed by atoms with Crippen molar-refractivity contribution in [3.8, 4) is 5.75 Å². The maximum absolute atomic E-state index is 11.6. The van der Waals surface area contributed by atoms with Gasteiger partial charge in [-0.15, -0.1) is 0 Å². The molecule has 1 N–H and O–H groups in total. The highest BCUT2D eigenvalue weighted by atomic mass is 16.5. The van der Waals surface area contributed by atoms with Crippen molar-refractivity contribution in [3.05, 3.63) is 29.8 Å². The van der Waals surface area contributed by atoms with Crippen LogP contribution >= 0.6 is 0 Å². The normalized spacial score (nSPS) is 22.5. The molecule has 1 amide bonds. The predicted octanol–water partition coefficient (Wildman–Crippen LogP) is 2.08. The standard InChI is InChI=1S/C14H17NO2/c16-14(10-5-6-10)15-9-11-7-8-17-13-4-2-1-3-12(11)13/h1-4,10-11H,5-9H2,(H,15,16). The molecule has 0 saturated heterocycles. The number of hydrogen-bond acceptors (Lipinski definition) is 2. The summed E-state index contributed by atoms with van der Waals surface area (Å²) in [5.41, 5.74) is 1.23. The van der Waals surface area contributed by atoms with E-state index in [-0.39, 0.29) is 5.91 Å². The largest absolute Gasteiger partial charge is 0.493 e. The van der Waals surface area contributed by atoms with Crippen molar-refractivity contribution in [1.29, 1.82) is 0 Å². The molecule has 3 nitrogen and oxygen atoms in total. The summed E-state index contributed by atoms with van der Waals surface area (Å²) in [6, 6.07) is 8.12. The quantitative estimate of drug-likeness (QED) is 0.865. The summed E-state index contributed by atoms with van der Waals surface area (Å²) >= 11 is 0. The first-order valence-corrected chi connectivity index (χ1v) is 6.34. The molecule has 90 valence electrons. The second kappa shape index (κ2) is 4.40. The van der Waals surface area contributed by atoms with Gasteiger partial charge in [0.25, 0.3) is 0 Å². The van der Waals surface area contributed by atoms with Crippen molar-refractivity contribution in [2.45, 2.75) is 25.2 Å². The number of benzene rings is 1. The Kier molecular flexibility index (Phi) is 2.75. The van der Waals surface area contributed by atoms with Crippen LogP contribution in [0.4, 0.5) is 0 Å². The number of para-hydroxylation sites is 1. The van der Waals surface area contributed by atoms with Gasteiger partial charge in [0, 0.05) is 18.4 Å². The lowest BCUT2D eigenvalue weighted by atomic mass is 9.93. The predicted molar refractivity (Wildman–Crippen MR) is 65.0 cm³/mol. The molecule has 0 radical (unpaired) electrons. The number of carbonyl (C=O) groups is 1. The van der Waals surface area contributed by atoms with Gasteiger partial charge in [0.1, 0.15) is 5.75 Å². The van der Waals surface area contributed by atoms with Crippen LogP contribution in [0, 0.1) is 5.92 Å². The van der Waals surface area contributed by atoms with Gasteiger partial charge >= 0.3 is 0 Å². The van der Waals surface area contributed by atoms with E-state index in [1.165, 1.54) is 5.56 Å². The van der Waals surface area contributed by atoms with Crippen LogP contribution in [0.5, 0.6) is 5.75 Å². The fraction of sp³-hybridized carbons (Fsp3) is 0.500. The monoisotopic (exact) mass is 231 g/mol. The molecule has 0 aromatic heterocycles. The third kappa shape index (κ3) is 2.28. The van der Waals surface area contributed by atoms with Crippen LogP contribution in [0.1, 0.15) is 30.7 Å². The van der Waals surface area contributed by atoms with E-state index in [1.807, 2.05) is 18.2 Å². The minimum atomic E-state index is 0.231. The van der Waals surface area contributed by atoms with E-state index >= 15 is 0 Å². The molecule has 1 unspecified atom stereocenters. The lowest BCUT2D eigenvalue weighted by Crippen LogP contribution is -2.31. The highest BCUT2D eigenvalue weighted by Gasteiger charge is 2.30. The number of amides is 1. The summed E-state index contributed by atoms with van der Waals surface area (Å²) in [6.07, 6.45) is 3.12. The molecule has 1 aromatic rings. The molecule has 1 heterocycles. The number of nitrogens with one attached hydrogen (secondary N) is 1. The van der Waals surface area contributed by atoms with Gasteiger partial charge in [0.05, 0.1) is 6.61 Å². The Morgan fingerprint density at radius 2 is 2.12 bits per heavy atom. The van der Waals surface area contributed by atoms with Crippen LogP contribution in [-0.2, 0) is 4.79 Å². The summed E-state index contributed by atoms with van der Waals surface area (Å²) in [7, 11) is 0. The van der Waals surface area contributed by atoms with E-state index < -0.39 is 0 Å². The van der Waals surface area contributed by atoms with Gasteiger partial charge in [-0.25, -0.2) is 0 Å². The Morgan fingerprint density at radius 1 is 1.29 bits per heavy atom. The molecule has 1 saturated carbocycles. The zero-order chi connectivity index (χ0) is 11.7. The molecule has 2 aliphatic rings. The zero-order valence-electron chi connectivity index (χ0n) is 9.82. The second-order valence-electron chi connectivity index (χ2n) is 4.89. The van der Waals surface area contributed by atoms with E-state index in [2.05, 4.69) is 11.4 Å². The SMILES string of the molecule is O=C(NCC1CCOc2ccccc21)C1CC1. The summed E-state index contributed by atoms with van der Waals surface area (Å²) < 4.78 is 5.61. The smallest absolute Gasteiger partial charge is 0.223 e. The highest BCUT2D eigenvalue weighted by molar-refractivity contribution is 5.80. The van der Waals surface area contributed by atoms with Crippen molar-refractivity contribution in [3.63, 3.8) is 0 Å². The van der Waals surface area contributed by atoms with Crippen molar-refractivity contribution >= 4 is 5.91 Å². The molecule has 3 rings (SSSR count). The van der Waals surface area contributed by atoms with E-state index in [0.717, 1.165) is 38.2 Å². The first-order valence-electron chi connectivity index (χ1n) is 6.34. The van der Waals surface area contributed by atoms with Crippen molar-refractivity contribution in [1.82, 2.24) is 5.32 Å². The summed E-state index contributed by atoms with van der Waals surface area (Å²) in [6.45, 7) is 1.50. The first kappa shape index (κ1) is 10.6. The minimum absolute atomic E-state index is 0.231. The number of rotatable bonds is 3. The average molecular weight is 231 g/mol. The Labute approximate surface area is 101 Å². The molecule has 1 aromatic carbocycles. The highest BCUT2D eigenvalue weighted by Crippen LogP contribution is 2.33. The van der Waals surface area contributed by atoms with Gasteiger partial charge in [-0.3, -0.25) is 4.79 Å². The van der Waals surface area contributed by atoms with Gasteiger partial charge in [-0.2, -0.15) is 0 Å². The van der Waals surface area contributed by atoms with Gasteiger partial charge < -0.3 is 10.1 Å². The summed E-state index contributed by atoms with van der Waals surface area (Å²) in [5.74, 6) is 1.91. The number of hydrogen-bond donors (Lipinski definition) is 1. The van der Waals surface area contributed by atoms with Crippen LogP contribution in [0.3, 0.4) is 0 Å². The molecular weight excluding hydrogens is 214 g/mol. The zero-order valence-corrected chi connectivity index (χ0v) is 9.82. The lowest BCUT2D eigenvalue weighted by molar-refractivity contribution is -0.122. The van der Waals surface area contributed by atoms with E-state index in [1.54, 1.807) is 0 Å². The molecule has 1 atom stereocenters. The Bertz CT molecular complexity index is 426. The fourth-order valence-electron chi connectivity index (χ4n) is 2.34. The molecule has 3 heteroatoms. The molecule has 1 aliphatic carbocycles. The molecular formula is C14H17NO2. The van der Waals surface area contributed by atoms with Crippen molar-refractivity contribution in [2.24, 2.45) is 5.92 Å². The van der Waals surface area contributed by atoms with Gasteiger partial charge in [0.2, 0.25) is 5.91 Å². The summed E-state index contributed by atoms with van der Waals surface area (Å²) in [4.78, 5) is 11.6. The van der Waals surface area contributed by atoms with Gasteiger partial charge in [-0.05, 0) is 30.9 Å². The number of fused-ring (bicyclic) bond motifs is 1. The number of ether oxygens (including phenoxy) is 1. The third-order valence-electron chi connectivity index (χ3n) is 3.55. The van der Waals surface area contributed by atoms with Crippen LogP contribution < -0.4 is 10.1 Å². The minimum Gasteiger partial charge on any atom is -0.493 e. The lowest BCUT2D eigenvalue weighted by Gasteiger charge is -2.26. The average Bonchev–Trinajstić information content (AvgIpc) is 3.20. The maximum atomic E-state index is 11.6. The second-order valence-corrected chi connectivity index (χ2v) is 4.89.